The Labute approximate surface area is 175 Å². The molecule has 0 radical (unpaired) electrons. The monoisotopic (exact) mass is 412 g/mol. The molecule has 4 rings (SSSR count). The van der Waals surface area contributed by atoms with Gasteiger partial charge >= 0.3 is 0 Å². The molecule has 0 spiro atoms. The standard InChI is InChI=1S/C22H28N4O4/c1-30-17-7-3-2-6-16(17)24-12-14-25(15-13-24)18(27)8-9-23-19-20(22(29)21(19)28)26-10-4-5-11-26/h2-3,6-7,23H,4-5,8-15H2,1H3. The summed E-state index contributed by atoms with van der Waals surface area (Å²) in [5.74, 6) is 0.895. The van der Waals surface area contributed by atoms with Gasteiger partial charge in [-0.25, -0.2) is 0 Å². The first-order valence-electron chi connectivity index (χ1n) is 10.6. The number of amides is 1. The normalized spacial score (nSPS) is 16.9. The van der Waals surface area contributed by atoms with Crippen LogP contribution in [0.25, 0.3) is 0 Å². The number of ether oxygens (including phenoxy) is 1. The molecule has 160 valence electrons. The summed E-state index contributed by atoms with van der Waals surface area (Å²) in [6, 6.07) is 7.90. The van der Waals surface area contributed by atoms with Crippen molar-refractivity contribution in [1.82, 2.24) is 4.90 Å². The van der Waals surface area contributed by atoms with Gasteiger partial charge in [0.05, 0.1) is 12.8 Å². The van der Waals surface area contributed by atoms with E-state index in [1.54, 1.807) is 7.11 Å². The summed E-state index contributed by atoms with van der Waals surface area (Å²) >= 11 is 0. The van der Waals surface area contributed by atoms with E-state index >= 15 is 0 Å². The molecule has 2 saturated heterocycles. The predicted molar refractivity (Wildman–Crippen MR) is 118 cm³/mol. The summed E-state index contributed by atoms with van der Waals surface area (Å²) in [5, 5.41) is 3.04. The molecule has 2 aliphatic rings. The molecule has 0 saturated carbocycles. The van der Waals surface area contributed by atoms with Gasteiger partial charge in [-0.15, -0.1) is 0 Å². The second kappa shape index (κ2) is 8.77. The van der Waals surface area contributed by atoms with Crippen LogP contribution in [0, 0.1) is 0 Å². The smallest absolute Gasteiger partial charge is 0.253 e. The molecule has 2 aliphatic heterocycles. The van der Waals surface area contributed by atoms with Crippen molar-refractivity contribution in [3.63, 3.8) is 0 Å². The van der Waals surface area contributed by atoms with E-state index in [2.05, 4.69) is 10.2 Å². The molecule has 2 heterocycles. The summed E-state index contributed by atoms with van der Waals surface area (Å²) in [6.07, 6.45) is 2.38. The fourth-order valence-corrected chi connectivity index (χ4v) is 4.33. The lowest BCUT2D eigenvalue weighted by Crippen LogP contribution is -2.49. The highest BCUT2D eigenvalue weighted by Crippen LogP contribution is 2.28. The Morgan fingerprint density at radius 2 is 1.67 bits per heavy atom. The molecule has 0 atom stereocenters. The first-order valence-corrected chi connectivity index (χ1v) is 10.6. The third-order valence-corrected chi connectivity index (χ3v) is 6.01. The van der Waals surface area contributed by atoms with Gasteiger partial charge in [0.25, 0.3) is 10.9 Å². The van der Waals surface area contributed by atoms with E-state index in [-0.39, 0.29) is 5.91 Å². The van der Waals surface area contributed by atoms with Crippen LogP contribution < -0.4 is 30.7 Å². The minimum Gasteiger partial charge on any atom is -0.495 e. The van der Waals surface area contributed by atoms with E-state index in [9.17, 15) is 14.4 Å². The van der Waals surface area contributed by atoms with E-state index in [0.29, 0.717) is 37.4 Å². The quantitative estimate of drug-likeness (QED) is 0.681. The van der Waals surface area contributed by atoms with E-state index in [1.807, 2.05) is 34.1 Å². The van der Waals surface area contributed by atoms with Crippen molar-refractivity contribution in [2.75, 3.05) is 68.0 Å². The number of rotatable bonds is 7. The van der Waals surface area contributed by atoms with Crippen LogP contribution in [0.1, 0.15) is 19.3 Å². The molecule has 2 aromatic rings. The zero-order valence-electron chi connectivity index (χ0n) is 17.4. The minimum atomic E-state index is -0.463. The topological polar surface area (TPSA) is 82.2 Å². The van der Waals surface area contributed by atoms with Gasteiger partial charge in [0, 0.05) is 52.2 Å². The van der Waals surface area contributed by atoms with E-state index < -0.39 is 10.9 Å². The highest BCUT2D eigenvalue weighted by molar-refractivity contribution is 5.79. The van der Waals surface area contributed by atoms with Gasteiger partial charge in [-0.05, 0) is 25.0 Å². The van der Waals surface area contributed by atoms with Gasteiger partial charge in [0.1, 0.15) is 17.1 Å². The summed E-state index contributed by atoms with van der Waals surface area (Å²) < 4.78 is 5.44. The van der Waals surface area contributed by atoms with Crippen molar-refractivity contribution in [2.24, 2.45) is 0 Å². The minimum absolute atomic E-state index is 0.0589. The van der Waals surface area contributed by atoms with Gasteiger partial charge in [0.15, 0.2) is 0 Å². The molecule has 2 aromatic carbocycles. The van der Waals surface area contributed by atoms with Crippen LogP contribution in [0.15, 0.2) is 33.9 Å². The zero-order valence-corrected chi connectivity index (χ0v) is 17.4. The predicted octanol–water partition coefficient (Wildman–Crippen LogP) is 1.04. The second-order valence-corrected chi connectivity index (χ2v) is 7.79. The van der Waals surface area contributed by atoms with Crippen LogP contribution in [0.5, 0.6) is 5.75 Å². The van der Waals surface area contributed by atoms with Crippen LogP contribution >= 0.6 is 0 Å². The third kappa shape index (κ3) is 3.86. The Hall–Kier alpha value is -3.03. The number of piperazine rings is 1. The number of benzene rings is 1. The van der Waals surface area contributed by atoms with Crippen molar-refractivity contribution in [2.45, 2.75) is 19.3 Å². The number of carbonyl (C=O) groups excluding carboxylic acids is 1. The average molecular weight is 412 g/mol. The van der Waals surface area contributed by atoms with Crippen molar-refractivity contribution >= 4 is 23.0 Å². The summed E-state index contributed by atoms with van der Waals surface area (Å²) in [7, 11) is 1.66. The molecule has 8 nitrogen and oxygen atoms in total. The molecule has 0 aliphatic carbocycles. The number of methoxy groups -OCH3 is 1. The number of hydrogen-bond donors (Lipinski definition) is 1. The summed E-state index contributed by atoms with van der Waals surface area (Å²) in [5.41, 5.74) is 1.07. The highest BCUT2D eigenvalue weighted by Gasteiger charge is 2.28. The highest BCUT2D eigenvalue weighted by atomic mass is 16.5. The Kier molecular flexibility index (Phi) is 5.92. The Balaban J connectivity index is 1.27. The van der Waals surface area contributed by atoms with Gasteiger partial charge in [-0.1, -0.05) is 12.1 Å². The van der Waals surface area contributed by atoms with Crippen LogP contribution in [-0.2, 0) is 4.79 Å². The van der Waals surface area contributed by atoms with Gasteiger partial charge in [-0.2, -0.15) is 0 Å². The van der Waals surface area contributed by atoms with Crippen molar-refractivity contribution in [1.29, 1.82) is 0 Å². The maximum absolute atomic E-state index is 12.6. The zero-order chi connectivity index (χ0) is 21.1. The van der Waals surface area contributed by atoms with Crippen LogP contribution in [-0.4, -0.2) is 63.7 Å². The molecule has 0 bridgehead atoms. The maximum atomic E-state index is 12.6. The van der Waals surface area contributed by atoms with Crippen molar-refractivity contribution < 1.29 is 9.53 Å². The molecule has 0 aromatic heterocycles. The number of nitrogens with one attached hydrogen (secondary N) is 1. The lowest BCUT2D eigenvalue weighted by molar-refractivity contribution is -0.131. The lowest BCUT2D eigenvalue weighted by atomic mass is 10.1. The lowest BCUT2D eigenvalue weighted by Gasteiger charge is -2.36. The van der Waals surface area contributed by atoms with E-state index in [4.69, 9.17) is 4.74 Å². The molecule has 1 N–H and O–H groups in total. The number of para-hydroxylation sites is 2. The average Bonchev–Trinajstić information content (AvgIpc) is 3.32. The van der Waals surface area contributed by atoms with Crippen LogP contribution in [0.3, 0.4) is 0 Å². The van der Waals surface area contributed by atoms with Crippen molar-refractivity contribution in [3.8, 4) is 5.75 Å². The molecular weight excluding hydrogens is 384 g/mol. The first kappa shape index (κ1) is 20.3. The molecule has 8 heteroatoms. The van der Waals surface area contributed by atoms with E-state index in [1.165, 1.54) is 0 Å². The Morgan fingerprint density at radius 3 is 2.37 bits per heavy atom. The molecule has 0 unspecified atom stereocenters. The number of carbonyl (C=O) groups is 1. The third-order valence-electron chi connectivity index (χ3n) is 6.01. The number of hydrogen-bond acceptors (Lipinski definition) is 7. The molecular formula is C22H28N4O4. The molecule has 30 heavy (non-hydrogen) atoms. The summed E-state index contributed by atoms with van der Waals surface area (Å²) in [4.78, 5) is 42.5. The van der Waals surface area contributed by atoms with Crippen LogP contribution in [0.2, 0.25) is 0 Å². The molecule has 2 fully saturated rings. The van der Waals surface area contributed by atoms with Crippen molar-refractivity contribution in [3.05, 3.63) is 44.7 Å². The van der Waals surface area contributed by atoms with Gasteiger partial charge < -0.3 is 24.8 Å². The SMILES string of the molecule is COc1ccccc1N1CCN(C(=O)CCNc2c(N3CCCC3)c(=O)c2=O)CC1. The fourth-order valence-electron chi connectivity index (χ4n) is 4.33. The first-order chi connectivity index (χ1) is 14.6. The van der Waals surface area contributed by atoms with Crippen LogP contribution in [0.4, 0.5) is 17.1 Å². The van der Waals surface area contributed by atoms with E-state index in [0.717, 1.165) is 50.5 Å². The largest absolute Gasteiger partial charge is 0.495 e. The second-order valence-electron chi connectivity index (χ2n) is 7.79. The Morgan fingerprint density at radius 1 is 0.967 bits per heavy atom. The molecule has 1 amide bonds. The Bertz CT molecular complexity index is 968. The van der Waals surface area contributed by atoms with Gasteiger partial charge in [-0.3, -0.25) is 14.4 Å². The maximum Gasteiger partial charge on any atom is 0.253 e. The fraction of sp³-hybridized carbons (Fsp3) is 0.500. The number of anilines is 3. The summed E-state index contributed by atoms with van der Waals surface area (Å²) in [6.45, 7) is 4.78. The van der Waals surface area contributed by atoms with Gasteiger partial charge in [0.2, 0.25) is 5.91 Å². The number of nitrogens with zero attached hydrogens (tertiary/aromatic N) is 3.